The molecule has 0 radical (unpaired) electrons. The van der Waals surface area contributed by atoms with Crippen LogP contribution in [0.1, 0.15) is 35.3 Å². The normalized spacial score (nSPS) is 11.1. The molecule has 1 amide bonds. The lowest BCUT2D eigenvalue weighted by Gasteiger charge is -2.15. The highest BCUT2D eigenvalue weighted by Gasteiger charge is 2.17. The van der Waals surface area contributed by atoms with Gasteiger partial charge in [0.2, 0.25) is 0 Å². The molecule has 0 aliphatic carbocycles. The predicted molar refractivity (Wildman–Crippen MR) is 147 cm³/mol. The van der Waals surface area contributed by atoms with Gasteiger partial charge in [-0.25, -0.2) is 8.42 Å². The Morgan fingerprint density at radius 1 is 0.943 bits per heavy atom. The molecule has 0 heterocycles. The van der Waals surface area contributed by atoms with E-state index in [1.54, 1.807) is 42.5 Å². The number of carbonyl (C=O) groups excluding carboxylic acids is 1. The number of halogens is 1. The molecule has 3 N–H and O–H groups in total. The van der Waals surface area contributed by atoms with Crippen LogP contribution in [0.15, 0.2) is 70.0 Å². The van der Waals surface area contributed by atoms with Gasteiger partial charge < -0.3 is 10.1 Å². The van der Waals surface area contributed by atoms with Gasteiger partial charge in [0.1, 0.15) is 5.75 Å². The average molecular weight is 577 g/mol. The van der Waals surface area contributed by atoms with Crippen molar-refractivity contribution >= 4 is 60.6 Å². The summed E-state index contributed by atoms with van der Waals surface area (Å²) in [7, 11) is -3.76. The Labute approximate surface area is 219 Å². The maximum atomic E-state index is 12.8. The van der Waals surface area contributed by atoms with E-state index >= 15 is 0 Å². The van der Waals surface area contributed by atoms with Gasteiger partial charge in [-0.2, -0.15) is 0 Å². The second-order valence-electron chi connectivity index (χ2n) is 8.14. The van der Waals surface area contributed by atoms with Gasteiger partial charge in [0, 0.05) is 15.8 Å². The molecule has 35 heavy (non-hydrogen) atoms. The summed E-state index contributed by atoms with van der Waals surface area (Å²) in [6.45, 7) is 7.63. The molecule has 10 heteroatoms. The fourth-order valence-electron chi connectivity index (χ4n) is 3.11. The monoisotopic (exact) mass is 575 g/mol. The third-order valence-electron chi connectivity index (χ3n) is 4.96. The van der Waals surface area contributed by atoms with Crippen LogP contribution in [-0.2, 0) is 10.0 Å². The lowest BCUT2D eigenvalue weighted by atomic mass is 10.1. The fraction of sp³-hybridized carbons (Fsp3) is 0.200. The van der Waals surface area contributed by atoms with Gasteiger partial charge in [0.25, 0.3) is 15.9 Å². The number of thiocarbonyl (C=S) groups is 1. The van der Waals surface area contributed by atoms with E-state index in [1.807, 2.05) is 33.8 Å². The standard InChI is InChI=1S/C25H26BrN3O4S2/c1-15(2)33-23-12-6-18(26)14-22(23)24(30)28-25(34)27-19-8-10-21(11-9-19)35(31,32)29-20-7-5-16(3)17(4)13-20/h5-15,29H,1-4H3,(H2,27,28,30,34). The minimum Gasteiger partial charge on any atom is -0.490 e. The summed E-state index contributed by atoms with van der Waals surface area (Å²) in [5.41, 5.74) is 3.41. The van der Waals surface area contributed by atoms with Crippen molar-refractivity contribution in [2.75, 3.05) is 10.0 Å². The summed E-state index contributed by atoms with van der Waals surface area (Å²) < 4.78 is 34.5. The number of sulfonamides is 1. The second-order valence-corrected chi connectivity index (χ2v) is 11.2. The number of ether oxygens (including phenoxy) is 1. The fourth-order valence-corrected chi connectivity index (χ4v) is 4.73. The van der Waals surface area contributed by atoms with Crippen molar-refractivity contribution in [2.24, 2.45) is 0 Å². The van der Waals surface area contributed by atoms with Crippen molar-refractivity contribution in [2.45, 2.75) is 38.7 Å². The zero-order valence-corrected chi connectivity index (χ0v) is 22.9. The maximum Gasteiger partial charge on any atom is 0.261 e. The highest BCUT2D eigenvalue weighted by Crippen LogP contribution is 2.25. The molecule has 0 atom stereocenters. The first-order valence-electron chi connectivity index (χ1n) is 10.7. The highest BCUT2D eigenvalue weighted by atomic mass is 79.9. The summed E-state index contributed by atoms with van der Waals surface area (Å²) in [6, 6.07) is 16.6. The van der Waals surface area contributed by atoms with Gasteiger partial charge in [0.15, 0.2) is 5.11 Å². The van der Waals surface area contributed by atoms with Gasteiger partial charge in [-0.15, -0.1) is 0 Å². The van der Waals surface area contributed by atoms with Crippen LogP contribution in [0.2, 0.25) is 0 Å². The number of benzene rings is 3. The van der Waals surface area contributed by atoms with E-state index < -0.39 is 15.9 Å². The van der Waals surface area contributed by atoms with Crippen molar-refractivity contribution in [1.82, 2.24) is 5.32 Å². The molecule has 3 aromatic rings. The first kappa shape index (κ1) is 26.7. The molecule has 0 unspecified atom stereocenters. The maximum absolute atomic E-state index is 12.8. The molecule has 7 nitrogen and oxygen atoms in total. The van der Waals surface area contributed by atoms with E-state index in [9.17, 15) is 13.2 Å². The van der Waals surface area contributed by atoms with Crippen molar-refractivity contribution < 1.29 is 17.9 Å². The minimum atomic E-state index is -3.76. The first-order chi connectivity index (χ1) is 16.4. The summed E-state index contributed by atoms with van der Waals surface area (Å²) in [5.74, 6) is 0.00516. The molecular formula is C25H26BrN3O4S2. The van der Waals surface area contributed by atoms with Crippen LogP contribution in [-0.4, -0.2) is 25.5 Å². The largest absolute Gasteiger partial charge is 0.490 e. The average Bonchev–Trinajstić information content (AvgIpc) is 2.77. The van der Waals surface area contributed by atoms with Crippen molar-refractivity contribution in [3.8, 4) is 5.75 Å². The number of nitrogens with one attached hydrogen (secondary N) is 3. The Balaban J connectivity index is 1.66. The third kappa shape index (κ3) is 7.27. The summed E-state index contributed by atoms with van der Waals surface area (Å²) in [5, 5.41) is 5.58. The smallest absolute Gasteiger partial charge is 0.261 e. The highest BCUT2D eigenvalue weighted by molar-refractivity contribution is 9.10. The lowest BCUT2D eigenvalue weighted by Crippen LogP contribution is -2.34. The van der Waals surface area contributed by atoms with E-state index in [0.717, 1.165) is 15.6 Å². The number of rotatable bonds is 7. The first-order valence-corrected chi connectivity index (χ1v) is 13.4. The summed E-state index contributed by atoms with van der Waals surface area (Å²) in [4.78, 5) is 12.9. The van der Waals surface area contributed by atoms with E-state index in [1.165, 1.54) is 12.1 Å². The number of carbonyl (C=O) groups is 1. The Morgan fingerprint density at radius 3 is 2.23 bits per heavy atom. The van der Waals surface area contributed by atoms with Crippen LogP contribution in [0.25, 0.3) is 0 Å². The Kier molecular flexibility index (Phi) is 8.52. The van der Waals surface area contributed by atoms with Crippen molar-refractivity contribution in [1.29, 1.82) is 0 Å². The second kappa shape index (κ2) is 11.2. The van der Waals surface area contributed by atoms with Crippen LogP contribution >= 0.6 is 28.1 Å². The zero-order chi connectivity index (χ0) is 25.8. The quantitative estimate of drug-likeness (QED) is 0.309. The van der Waals surface area contributed by atoms with Crippen LogP contribution in [0, 0.1) is 13.8 Å². The number of hydrogen-bond donors (Lipinski definition) is 3. The van der Waals surface area contributed by atoms with Gasteiger partial charge in [-0.05, 0) is 106 Å². The van der Waals surface area contributed by atoms with E-state index in [0.29, 0.717) is 22.7 Å². The van der Waals surface area contributed by atoms with E-state index in [2.05, 4.69) is 31.3 Å². The Hall–Kier alpha value is -2.95. The van der Waals surface area contributed by atoms with Crippen LogP contribution in [0.4, 0.5) is 11.4 Å². The zero-order valence-electron chi connectivity index (χ0n) is 19.7. The lowest BCUT2D eigenvalue weighted by molar-refractivity contribution is 0.0972. The minimum absolute atomic E-state index is 0.0642. The van der Waals surface area contributed by atoms with Gasteiger partial charge >= 0.3 is 0 Å². The molecule has 0 aliphatic rings. The number of aryl methyl sites for hydroxylation is 2. The van der Waals surface area contributed by atoms with E-state index in [4.69, 9.17) is 17.0 Å². The molecule has 0 fully saturated rings. The molecule has 0 saturated carbocycles. The van der Waals surface area contributed by atoms with E-state index in [-0.39, 0.29) is 16.1 Å². The molecule has 184 valence electrons. The topological polar surface area (TPSA) is 96.5 Å². The number of anilines is 2. The SMILES string of the molecule is Cc1ccc(NS(=O)(=O)c2ccc(NC(=S)NC(=O)c3cc(Br)ccc3OC(C)C)cc2)cc1C. The van der Waals surface area contributed by atoms with Gasteiger partial charge in [-0.3, -0.25) is 14.8 Å². The third-order valence-corrected chi connectivity index (χ3v) is 7.05. The Bertz CT molecular complexity index is 1360. The van der Waals surface area contributed by atoms with Crippen LogP contribution in [0.5, 0.6) is 5.75 Å². The summed E-state index contributed by atoms with van der Waals surface area (Å²) >= 11 is 8.63. The Morgan fingerprint density at radius 2 is 1.60 bits per heavy atom. The number of hydrogen-bond acceptors (Lipinski definition) is 5. The number of amides is 1. The van der Waals surface area contributed by atoms with Crippen molar-refractivity contribution in [3.63, 3.8) is 0 Å². The molecule has 0 saturated heterocycles. The van der Waals surface area contributed by atoms with Crippen molar-refractivity contribution in [3.05, 3.63) is 81.8 Å². The molecule has 0 aromatic heterocycles. The van der Waals surface area contributed by atoms with Gasteiger partial charge in [-0.1, -0.05) is 22.0 Å². The van der Waals surface area contributed by atoms with Crippen LogP contribution < -0.4 is 20.1 Å². The molecule has 0 spiro atoms. The molecular weight excluding hydrogens is 550 g/mol. The van der Waals surface area contributed by atoms with Gasteiger partial charge in [0.05, 0.1) is 16.6 Å². The molecule has 3 aromatic carbocycles. The molecule has 0 bridgehead atoms. The molecule has 3 rings (SSSR count). The predicted octanol–water partition coefficient (Wildman–Crippen LogP) is 5.78. The summed E-state index contributed by atoms with van der Waals surface area (Å²) in [6.07, 6.45) is -0.105. The van der Waals surface area contributed by atoms with Crippen LogP contribution in [0.3, 0.4) is 0 Å². The molecule has 0 aliphatic heterocycles.